The molecule has 1 heterocycles. The number of para-hydroxylation sites is 1. The first-order valence-electron chi connectivity index (χ1n) is 9.72. The van der Waals surface area contributed by atoms with E-state index >= 15 is 0 Å². The molecule has 0 spiro atoms. The van der Waals surface area contributed by atoms with Gasteiger partial charge in [-0.15, -0.1) is 0 Å². The Bertz CT molecular complexity index is 796. The van der Waals surface area contributed by atoms with E-state index in [1.807, 2.05) is 35.2 Å². The minimum absolute atomic E-state index is 0.0708. The topological polar surface area (TPSA) is 41.6 Å². The maximum atomic E-state index is 13.1. The smallest absolute Gasteiger partial charge is 0.376 e. The molecule has 0 saturated carbocycles. The summed E-state index contributed by atoms with van der Waals surface area (Å²) < 4.78 is 45.0. The number of alkyl halides is 3. The molecule has 29 heavy (non-hydrogen) atoms. The SMILES string of the molecule is O=C(CN1CCC[C@H](COCc2ccccc2)C1)Nc1ccccc1C(F)(F)F. The van der Waals surface area contributed by atoms with E-state index in [1.54, 1.807) is 0 Å². The molecule has 7 heteroatoms. The van der Waals surface area contributed by atoms with Gasteiger partial charge in [0.1, 0.15) is 0 Å². The number of halogens is 3. The second-order valence-corrected chi connectivity index (χ2v) is 7.34. The molecule has 0 aliphatic carbocycles. The van der Waals surface area contributed by atoms with Crippen LogP contribution in [0.4, 0.5) is 18.9 Å². The lowest BCUT2D eigenvalue weighted by molar-refractivity contribution is -0.137. The van der Waals surface area contributed by atoms with Crippen LogP contribution in [-0.2, 0) is 22.3 Å². The highest BCUT2D eigenvalue weighted by atomic mass is 19.4. The Morgan fingerprint density at radius 2 is 1.83 bits per heavy atom. The summed E-state index contributed by atoms with van der Waals surface area (Å²) >= 11 is 0. The van der Waals surface area contributed by atoms with Gasteiger partial charge in [-0.1, -0.05) is 42.5 Å². The Kier molecular flexibility index (Phi) is 7.28. The molecular formula is C22H25F3N2O2. The zero-order chi connectivity index (χ0) is 20.7. The minimum atomic E-state index is -4.50. The number of carbonyl (C=O) groups excluding carboxylic acids is 1. The summed E-state index contributed by atoms with van der Waals surface area (Å²) in [4.78, 5) is 14.3. The van der Waals surface area contributed by atoms with Crippen LogP contribution < -0.4 is 5.32 Å². The van der Waals surface area contributed by atoms with Crippen molar-refractivity contribution in [2.75, 3.05) is 31.6 Å². The van der Waals surface area contributed by atoms with Gasteiger partial charge in [0, 0.05) is 6.54 Å². The molecule has 1 fully saturated rings. The Hall–Kier alpha value is -2.38. The van der Waals surface area contributed by atoms with Crippen molar-refractivity contribution in [2.24, 2.45) is 5.92 Å². The summed E-state index contributed by atoms with van der Waals surface area (Å²) in [6.07, 6.45) is -2.55. The summed E-state index contributed by atoms with van der Waals surface area (Å²) in [5.41, 5.74) is 0.0757. The van der Waals surface area contributed by atoms with E-state index in [4.69, 9.17) is 4.74 Å². The van der Waals surface area contributed by atoms with Gasteiger partial charge >= 0.3 is 6.18 Å². The Balaban J connectivity index is 1.47. The van der Waals surface area contributed by atoms with Crippen LogP contribution in [0.5, 0.6) is 0 Å². The molecule has 156 valence electrons. The predicted octanol–water partition coefficient (Wildman–Crippen LogP) is 4.57. The Morgan fingerprint density at radius 3 is 2.59 bits per heavy atom. The van der Waals surface area contributed by atoms with Crippen molar-refractivity contribution in [1.29, 1.82) is 0 Å². The number of carbonyl (C=O) groups is 1. The number of benzene rings is 2. The van der Waals surface area contributed by atoms with Crippen LogP contribution in [0.15, 0.2) is 54.6 Å². The maximum Gasteiger partial charge on any atom is 0.418 e. The summed E-state index contributed by atoms with van der Waals surface area (Å²) in [6, 6.07) is 14.9. The molecule has 0 bridgehead atoms. The van der Waals surface area contributed by atoms with Gasteiger partial charge in [0.2, 0.25) is 5.91 Å². The largest absolute Gasteiger partial charge is 0.418 e. The molecule has 1 aliphatic heterocycles. The first-order valence-corrected chi connectivity index (χ1v) is 9.72. The van der Waals surface area contributed by atoms with Crippen LogP contribution in [0.3, 0.4) is 0 Å². The number of likely N-dealkylation sites (tertiary alicyclic amines) is 1. The lowest BCUT2D eigenvalue weighted by atomic mass is 9.99. The van der Waals surface area contributed by atoms with E-state index in [9.17, 15) is 18.0 Å². The highest BCUT2D eigenvalue weighted by Crippen LogP contribution is 2.34. The van der Waals surface area contributed by atoms with Gasteiger partial charge in [0.05, 0.1) is 31.0 Å². The fourth-order valence-electron chi connectivity index (χ4n) is 3.58. The molecule has 2 aromatic carbocycles. The van der Waals surface area contributed by atoms with Crippen molar-refractivity contribution in [2.45, 2.75) is 25.6 Å². The minimum Gasteiger partial charge on any atom is -0.376 e. The van der Waals surface area contributed by atoms with E-state index < -0.39 is 17.6 Å². The third kappa shape index (κ3) is 6.58. The average molecular weight is 406 g/mol. The predicted molar refractivity (Wildman–Crippen MR) is 105 cm³/mol. The molecule has 1 N–H and O–H groups in total. The second kappa shape index (κ2) is 9.89. The molecule has 1 amide bonds. The number of hydrogen-bond acceptors (Lipinski definition) is 3. The van der Waals surface area contributed by atoms with Gasteiger partial charge in [0.25, 0.3) is 0 Å². The van der Waals surface area contributed by atoms with Crippen LogP contribution in [0.1, 0.15) is 24.0 Å². The monoisotopic (exact) mass is 406 g/mol. The number of nitrogens with one attached hydrogen (secondary N) is 1. The number of rotatable bonds is 7. The molecule has 1 aliphatic rings. The van der Waals surface area contributed by atoms with Gasteiger partial charge in [-0.25, -0.2) is 0 Å². The summed E-state index contributed by atoms with van der Waals surface area (Å²) in [6.45, 7) is 2.67. The van der Waals surface area contributed by atoms with Gasteiger partial charge in [0.15, 0.2) is 0 Å². The highest BCUT2D eigenvalue weighted by molar-refractivity contribution is 5.93. The quantitative estimate of drug-likeness (QED) is 0.732. The van der Waals surface area contributed by atoms with Gasteiger partial charge < -0.3 is 10.1 Å². The zero-order valence-electron chi connectivity index (χ0n) is 16.1. The first-order chi connectivity index (χ1) is 13.9. The number of nitrogens with zero attached hydrogens (tertiary/aromatic N) is 1. The molecule has 4 nitrogen and oxygen atoms in total. The maximum absolute atomic E-state index is 13.1. The van der Waals surface area contributed by atoms with Crippen LogP contribution in [0.2, 0.25) is 0 Å². The third-order valence-electron chi connectivity index (χ3n) is 4.94. The molecule has 2 aromatic rings. The molecule has 0 unspecified atom stereocenters. The summed E-state index contributed by atoms with van der Waals surface area (Å²) in [5.74, 6) is -0.129. The third-order valence-corrected chi connectivity index (χ3v) is 4.94. The number of ether oxygens (including phenoxy) is 1. The van der Waals surface area contributed by atoms with Crippen LogP contribution in [-0.4, -0.2) is 37.0 Å². The van der Waals surface area contributed by atoms with E-state index in [0.29, 0.717) is 25.7 Å². The number of hydrogen-bond donors (Lipinski definition) is 1. The van der Waals surface area contributed by atoms with E-state index in [-0.39, 0.29) is 12.2 Å². The molecule has 1 atom stereocenters. The molecule has 0 radical (unpaired) electrons. The lowest BCUT2D eigenvalue weighted by Gasteiger charge is -2.32. The van der Waals surface area contributed by atoms with Crippen molar-refractivity contribution in [1.82, 2.24) is 4.90 Å². The number of anilines is 1. The van der Waals surface area contributed by atoms with Gasteiger partial charge in [-0.05, 0) is 43.0 Å². The van der Waals surface area contributed by atoms with Crippen molar-refractivity contribution >= 4 is 11.6 Å². The number of amides is 1. The highest BCUT2D eigenvalue weighted by Gasteiger charge is 2.33. The van der Waals surface area contributed by atoms with Crippen LogP contribution in [0, 0.1) is 5.92 Å². The number of piperidine rings is 1. The fraction of sp³-hybridized carbons (Fsp3) is 0.409. The lowest BCUT2D eigenvalue weighted by Crippen LogP contribution is -2.41. The van der Waals surface area contributed by atoms with Crippen LogP contribution in [0.25, 0.3) is 0 Å². The first kappa shape index (κ1) is 21.3. The summed E-state index contributed by atoms with van der Waals surface area (Å²) in [7, 11) is 0. The molecule has 3 rings (SSSR count). The molecule has 0 aromatic heterocycles. The van der Waals surface area contributed by atoms with Gasteiger partial charge in [-0.2, -0.15) is 13.2 Å². The average Bonchev–Trinajstić information content (AvgIpc) is 2.69. The van der Waals surface area contributed by atoms with E-state index in [1.165, 1.54) is 18.2 Å². The van der Waals surface area contributed by atoms with Crippen molar-refractivity contribution in [3.63, 3.8) is 0 Å². The molecule has 1 saturated heterocycles. The zero-order valence-corrected chi connectivity index (χ0v) is 16.1. The normalized spacial score (nSPS) is 17.8. The van der Waals surface area contributed by atoms with Crippen molar-refractivity contribution < 1.29 is 22.7 Å². The van der Waals surface area contributed by atoms with Crippen molar-refractivity contribution in [3.05, 3.63) is 65.7 Å². The van der Waals surface area contributed by atoms with Gasteiger partial charge in [-0.3, -0.25) is 9.69 Å². The van der Waals surface area contributed by atoms with E-state index in [2.05, 4.69) is 5.32 Å². The summed E-state index contributed by atoms with van der Waals surface area (Å²) in [5, 5.41) is 2.41. The molecular weight excluding hydrogens is 381 g/mol. The van der Waals surface area contributed by atoms with Crippen molar-refractivity contribution in [3.8, 4) is 0 Å². The second-order valence-electron chi connectivity index (χ2n) is 7.34. The standard InChI is InChI=1S/C22H25F3N2O2/c23-22(24,25)19-10-4-5-11-20(19)26-21(28)14-27-12-6-9-18(13-27)16-29-15-17-7-2-1-3-8-17/h1-5,7-8,10-11,18H,6,9,12-16H2,(H,26,28)/t18-/m0/s1. The van der Waals surface area contributed by atoms with Crippen LogP contribution >= 0.6 is 0 Å². The Morgan fingerprint density at radius 1 is 1.10 bits per heavy atom. The van der Waals surface area contributed by atoms with E-state index in [0.717, 1.165) is 31.0 Å². The Labute approximate surface area is 168 Å². The fourth-order valence-corrected chi connectivity index (χ4v) is 3.58.